The van der Waals surface area contributed by atoms with E-state index in [1.807, 2.05) is 17.5 Å². The molecule has 0 aliphatic heterocycles. The highest BCUT2D eigenvalue weighted by Crippen LogP contribution is 2.15. The Morgan fingerprint density at radius 3 is 3.21 bits per heavy atom. The van der Waals surface area contributed by atoms with Crippen molar-refractivity contribution in [3.63, 3.8) is 0 Å². The topological polar surface area (TPSA) is 47.3 Å². The average Bonchev–Trinajstić information content (AvgIpc) is 2.81. The van der Waals surface area contributed by atoms with E-state index in [1.165, 1.54) is 22.2 Å². The number of hydrogen-bond acceptors (Lipinski definition) is 4. The highest BCUT2D eigenvalue weighted by Gasteiger charge is 2.03. The second-order valence-corrected chi connectivity index (χ2v) is 3.82. The lowest BCUT2D eigenvalue weighted by atomic mass is 10.3. The predicted octanol–water partition coefficient (Wildman–Crippen LogP) is 1.30. The molecule has 0 unspecified atom stereocenters. The van der Waals surface area contributed by atoms with Gasteiger partial charge in [0.05, 0.1) is 0 Å². The van der Waals surface area contributed by atoms with Gasteiger partial charge in [-0.05, 0) is 17.5 Å². The Labute approximate surface area is 82.5 Å². The molecule has 3 aromatic heterocycles. The van der Waals surface area contributed by atoms with Gasteiger partial charge >= 0.3 is 0 Å². The Morgan fingerprint density at radius 2 is 2.29 bits per heavy atom. The summed E-state index contributed by atoms with van der Waals surface area (Å²) in [5.41, 5.74) is 0.308. The van der Waals surface area contributed by atoms with Crippen molar-refractivity contribution < 1.29 is 0 Å². The quantitative estimate of drug-likeness (QED) is 0.553. The molecule has 0 spiro atoms. The van der Waals surface area contributed by atoms with Crippen LogP contribution >= 0.6 is 11.3 Å². The summed E-state index contributed by atoms with van der Waals surface area (Å²) in [6.07, 6.45) is 3.14. The molecule has 0 bridgehead atoms. The maximum Gasteiger partial charge on any atom is 0.231 e. The number of hydrogen-bond donors (Lipinski definition) is 0. The second-order valence-electron chi connectivity index (χ2n) is 2.87. The van der Waals surface area contributed by atoms with E-state index in [0.717, 1.165) is 4.70 Å². The normalized spacial score (nSPS) is 11.1. The average molecular weight is 203 g/mol. The Kier molecular flexibility index (Phi) is 1.43. The molecule has 0 aliphatic rings. The van der Waals surface area contributed by atoms with Crippen LogP contribution in [0, 0.1) is 0 Å². The zero-order chi connectivity index (χ0) is 9.54. The van der Waals surface area contributed by atoms with Crippen LogP contribution in [-0.4, -0.2) is 14.6 Å². The maximum atomic E-state index is 11.9. The summed E-state index contributed by atoms with van der Waals surface area (Å²) >= 11 is 1.54. The van der Waals surface area contributed by atoms with Crippen LogP contribution in [0.5, 0.6) is 0 Å². The first-order valence-electron chi connectivity index (χ1n) is 4.06. The van der Waals surface area contributed by atoms with E-state index in [-0.39, 0.29) is 5.43 Å². The fourth-order valence-electron chi connectivity index (χ4n) is 1.42. The van der Waals surface area contributed by atoms with Gasteiger partial charge in [-0.2, -0.15) is 5.10 Å². The van der Waals surface area contributed by atoms with Crippen molar-refractivity contribution in [1.82, 2.24) is 14.6 Å². The zero-order valence-electron chi connectivity index (χ0n) is 7.04. The largest absolute Gasteiger partial charge is 0.285 e. The lowest BCUT2D eigenvalue weighted by Gasteiger charge is -1.78. The molecular formula is C9H5N3OS. The molecule has 0 atom stereocenters. The molecule has 3 heterocycles. The highest BCUT2D eigenvalue weighted by molar-refractivity contribution is 7.17. The molecule has 68 valence electrons. The van der Waals surface area contributed by atoms with Gasteiger partial charge in [0, 0.05) is 16.3 Å². The molecule has 0 saturated carbocycles. The molecule has 5 heteroatoms. The maximum absolute atomic E-state index is 11.9. The van der Waals surface area contributed by atoms with Gasteiger partial charge in [-0.25, -0.2) is 9.50 Å². The minimum atomic E-state index is -0.0660. The number of thiophene rings is 1. The van der Waals surface area contributed by atoms with Crippen LogP contribution < -0.4 is 5.43 Å². The number of rotatable bonds is 0. The van der Waals surface area contributed by atoms with Crippen LogP contribution in [0.2, 0.25) is 0 Å². The first-order chi connectivity index (χ1) is 6.86. The molecule has 0 saturated heterocycles. The summed E-state index contributed by atoms with van der Waals surface area (Å²) in [6, 6.07) is 3.69. The van der Waals surface area contributed by atoms with E-state index < -0.39 is 0 Å². The van der Waals surface area contributed by atoms with Crippen LogP contribution in [0.25, 0.3) is 15.7 Å². The van der Waals surface area contributed by atoms with Crippen LogP contribution in [0.3, 0.4) is 0 Å². The van der Waals surface area contributed by atoms with Gasteiger partial charge in [-0.15, -0.1) is 11.3 Å². The Hall–Kier alpha value is -1.75. The van der Waals surface area contributed by atoms with Crippen LogP contribution in [0.15, 0.2) is 34.8 Å². The van der Waals surface area contributed by atoms with E-state index in [4.69, 9.17) is 0 Å². The van der Waals surface area contributed by atoms with Gasteiger partial charge in [0.25, 0.3) is 0 Å². The molecule has 4 nitrogen and oxygen atoms in total. The third-order valence-corrected chi connectivity index (χ3v) is 2.97. The highest BCUT2D eigenvalue weighted by atomic mass is 32.1. The molecule has 0 amide bonds. The SMILES string of the molecule is O=c1c2ccsc2ccn2ncnc12. The molecule has 14 heavy (non-hydrogen) atoms. The molecule has 3 rings (SSSR count). The van der Waals surface area contributed by atoms with Crippen molar-refractivity contribution in [2.45, 2.75) is 0 Å². The van der Waals surface area contributed by atoms with Gasteiger partial charge in [-0.3, -0.25) is 4.79 Å². The van der Waals surface area contributed by atoms with Gasteiger partial charge in [0.2, 0.25) is 11.1 Å². The zero-order valence-corrected chi connectivity index (χ0v) is 7.86. The second kappa shape index (κ2) is 2.62. The van der Waals surface area contributed by atoms with E-state index in [2.05, 4.69) is 10.1 Å². The standard InChI is InChI=1S/C9H5N3OS/c13-8-6-2-4-14-7(6)1-3-12-9(8)10-5-11-12/h1-5H. The van der Waals surface area contributed by atoms with Crippen molar-refractivity contribution in [3.8, 4) is 0 Å². The van der Waals surface area contributed by atoms with Gasteiger partial charge in [0.15, 0.2) is 0 Å². The van der Waals surface area contributed by atoms with Crippen LogP contribution in [0.1, 0.15) is 0 Å². The molecule has 3 aromatic rings. The van der Waals surface area contributed by atoms with Gasteiger partial charge < -0.3 is 0 Å². The van der Waals surface area contributed by atoms with Gasteiger partial charge in [0.1, 0.15) is 6.33 Å². The van der Waals surface area contributed by atoms with E-state index in [1.54, 1.807) is 6.20 Å². The Balaban J connectivity index is 2.74. The van der Waals surface area contributed by atoms with Crippen molar-refractivity contribution in [2.24, 2.45) is 0 Å². The molecule has 0 aliphatic carbocycles. The summed E-state index contributed by atoms with van der Waals surface area (Å²) in [4.78, 5) is 15.8. The molecule has 0 fully saturated rings. The lowest BCUT2D eigenvalue weighted by Crippen LogP contribution is -2.00. The first-order valence-corrected chi connectivity index (χ1v) is 4.94. The number of fused-ring (bicyclic) bond motifs is 2. The third-order valence-electron chi connectivity index (χ3n) is 2.08. The summed E-state index contributed by atoms with van der Waals surface area (Å²) in [5.74, 6) is 0. The summed E-state index contributed by atoms with van der Waals surface area (Å²) in [6.45, 7) is 0. The predicted molar refractivity (Wildman–Crippen MR) is 54.6 cm³/mol. The van der Waals surface area contributed by atoms with Crippen molar-refractivity contribution in [3.05, 3.63) is 40.3 Å². The Morgan fingerprint density at radius 1 is 1.36 bits per heavy atom. The minimum absolute atomic E-state index is 0.0660. The monoisotopic (exact) mass is 203 g/mol. The van der Waals surface area contributed by atoms with Crippen LogP contribution in [0.4, 0.5) is 0 Å². The summed E-state index contributed by atoms with van der Waals surface area (Å²) < 4.78 is 2.46. The van der Waals surface area contributed by atoms with Crippen molar-refractivity contribution in [2.75, 3.05) is 0 Å². The molecule has 0 radical (unpaired) electrons. The van der Waals surface area contributed by atoms with Gasteiger partial charge in [-0.1, -0.05) is 0 Å². The van der Waals surface area contributed by atoms with Crippen molar-refractivity contribution in [1.29, 1.82) is 0 Å². The van der Waals surface area contributed by atoms with Crippen LogP contribution in [-0.2, 0) is 0 Å². The van der Waals surface area contributed by atoms with E-state index >= 15 is 0 Å². The molecule has 0 aromatic carbocycles. The van der Waals surface area contributed by atoms with Crippen molar-refractivity contribution >= 4 is 27.1 Å². The number of aromatic nitrogens is 3. The van der Waals surface area contributed by atoms with E-state index in [0.29, 0.717) is 11.0 Å². The lowest BCUT2D eigenvalue weighted by molar-refractivity contribution is 0.965. The fourth-order valence-corrected chi connectivity index (χ4v) is 2.20. The third kappa shape index (κ3) is 0.898. The first kappa shape index (κ1) is 7.64. The summed E-state index contributed by atoms with van der Waals surface area (Å²) in [7, 11) is 0. The minimum Gasteiger partial charge on any atom is -0.285 e. The molecule has 0 N–H and O–H groups in total. The van der Waals surface area contributed by atoms with E-state index in [9.17, 15) is 4.79 Å². The smallest absolute Gasteiger partial charge is 0.231 e. The summed E-state index contributed by atoms with van der Waals surface area (Å²) in [5, 5.41) is 6.54. The molecular weight excluding hydrogens is 198 g/mol. The fraction of sp³-hybridized carbons (Fsp3) is 0. The number of nitrogens with zero attached hydrogens (tertiary/aromatic N) is 3. The Bertz CT molecular complexity index is 614.